The minimum Gasteiger partial charge on any atom is -0.490 e. The number of hydrogen-bond donors (Lipinski definition) is 0. The molecule has 0 saturated carbocycles. The van der Waals surface area contributed by atoms with E-state index in [0.29, 0.717) is 23.9 Å². The number of anilines is 1. The Bertz CT molecular complexity index is 687. The topological polar surface area (TPSA) is 73.4 Å². The third-order valence-corrected chi connectivity index (χ3v) is 4.55. The number of ether oxygens (including phenoxy) is 1. The average molecular weight is 316 g/mol. The summed E-state index contributed by atoms with van der Waals surface area (Å²) in [5, 5.41) is 11.5. The summed E-state index contributed by atoms with van der Waals surface area (Å²) in [6.45, 7) is 3.72. The summed E-state index contributed by atoms with van der Waals surface area (Å²) in [6.07, 6.45) is 6.49. The van der Waals surface area contributed by atoms with E-state index in [1.807, 2.05) is 12.5 Å². The second-order valence-corrected chi connectivity index (χ2v) is 5.87. The molecular weight excluding hydrogens is 296 g/mol. The lowest BCUT2D eigenvalue weighted by molar-refractivity contribution is -0.385. The molecule has 1 aromatic carbocycles. The molecule has 1 aliphatic rings. The molecule has 3 rings (SSSR count). The molecule has 2 heterocycles. The highest BCUT2D eigenvalue weighted by atomic mass is 16.6. The lowest BCUT2D eigenvalue weighted by Gasteiger charge is -2.38. The molecule has 0 bridgehead atoms. The van der Waals surface area contributed by atoms with Crippen molar-refractivity contribution in [1.29, 1.82) is 0 Å². The van der Waals surface area contributed by atoms with Crippen LogP contribution < -0.4 is 9.64 Å². The van der Waals surface area contributed by atoms with Gasteiger partial charge in [-0.2, -0.15) is 0 Å². The maximum absolute atomic E-state index is 11.5. The highest BCUT2D eigenvalue weighted by molar-refractivity contribution is 5.70. The minimum absolute atomic E-state index is 0.0361. The van der Waals surface area contributed by atoms with Gasteiger partial charge in [0.15, 0.2) is 5.75 Å². The molecule has 7 heteroatoms. The Balaban J connectivity index is 1.94. The molecule has 23 heavy (non-hydrogen) atoms. The van der Waals surface area contributed by atoms with Gasteiger partial charge in [0.1, 0.15) is 5.69 Å². The molecule has 1 fully saturated rings. The van der Waals surface area contributed by atoms with Crippen molar-refractivity contribution < 1.29 is 9.66 Å². The van der Waals surface area contributed by atoms with E-state index in [9.17, 15) is 10.1 Å². The predicted octanol–water partition coefficient (Wildman–Crippen LogP) is 2.89. The fourth-order valence-electron chi connectivity index (χ4n) is 3.24. The average Bonchev–Trinajstić information content (AvgIpc) is 3.08. The SMILES string of the molecule is COc1cccc(N2CC[C@H](C)[C@@H](n3ccnc3)C2)c1[N+](=O)[O-]. The molecule has 0 spiro atoms. The monoisotopic (exact) mass is 316 g/mol. The van der Waals surface area contributed by atoms with Gasteiger partial charge < -0.3 is 14.2 Å². The van der Waals surface area contributed by atoms with Gasteiger partial charge in [0.25, 0.3) is 0 Å². The van der Waals surface area contributed by atoms with Gasteiger partial charge in [-0.3, -0.25) is 10.1 Å². The van der Waals surface area contributed by atoms with E-state index in [1.165, 1.54) is 7.11 Å². The van der Waals surface area contributed by atoms with Crippen LogP contribution in [0.5, 0.6) is 5.75 Å². The summed E-state index contributed by atoms with van der Waals surface area (Å²) >= 11 is 0. The predicted molar refractivity (Wildman–Crippen MR) is 86.9 cm³/mol. The molecule has 2 atom stereocenters. The van der Waals surface area contributed by atoms with E-state index in [-0.39, 0.29) is 16.7 Å². The van der Waals surface area contributed by atoms with Crippen LogP contribution in [0.15, 0.2) is 36.9 Å². The zero-order valence-corrected chi connectivity index (χ0v) is 13.3. The number of methoxy groups -OCH3 is 1. The maximum Gasteiger partial charge on any atom is 0.333 e. The molecule has 0 aliphatic carbocycles. The molecule has 7 nitrogen and oxygen atoms in total. The molecular formula is C16H20N4O3. The van der Waals surface area contributed by atoms with Gasteiger partial charge in [-0.15, -0.1) is 0 Å². The Morgan fingerprint density at radius 1 is 1.43 bits per heavy atom. The fraction of sp³-hybridized carbons (Fsp3) is 0.438. The number of hydrogen-bond acceptors (Lipinski definition) is 5. The second kappa shape index (κ2) is 6.28. The van der Waals surface area contributed by atoms with Crippen LogP contribution in [0.1, 0.15) is 19.4 Å². The molecule has 1 aromatic heterocycles. The Morgan fingerprint density at radius 2 is 2.26 bits per heavy atom. The lowest BCUT2D eigenvalue weighted by Crippen LogP contribution is -2.40. The number of imidazole rings is 1. The van der Waals surface area contributed by atoms with Gasteiger partial charge in [-0.25, -0.2) is 4.98 Å². The van der Waals surface area contributed by atoms with E-state index in [2.05, 4.69) is 21.4 Å². The summed E-state index contributed by atoms with van der Waals surface area (Å²) < 4.78 is 7.26. The van der Waals surface area contributed by atoms with Gasteiger partial charge in [-0.1, -0.05) is 13.0 Å². The first-order valence-electron chi connectivity index (χ1n) is 7.65. The van der Waals surface area contributed by atoms with E-state index < -0.39 is 0 Å². The number of piperidine rings is 1. The van der Waals surface area contributed by atoms with Crippen molar-refractivity contribution in [3.63, 3.8) is 0 Å². The van der Waals surface area contributed by atoms with Crippen molar-refractivity contribution in [1.82, 2.24) is 9.55 Å². The third kappa shape index (κ3) is 2.86. The van der Waals surface area contributed by atoms with Crippen LogP contribution in [0.25, 0.3) is 0 Å². The molecule has 1 aliphatic heterocycles. The number of benzene rings is 1. The molecule has 0 unspecified atom stereocenters. The fourth-order valence-corrected chi connectivity index (χ4v) is 3.24. The van der Waals surface area contributed by atoms with Crippen LogP contribution >= 0.6 is 0 Å². The van der Waals surface area contributed by atoms with Crippen molar-refractivity contribution in [2.24, 2.45) is 5.92 Å². The van der Waals surface area contributed by atoms with Crippen LogP contribution in [-0.2, 0) is 0 Å². The standard InChI is InChI=1S/C16H20N4O3/c1-12-6-8-18(10-14(12)19-9-7-17-11-19)13-4-3-5-15(23-2)16(13)20(21)22/h3-5,7,9,11-12,14H,6,8,10H2,1-2H3/t12-,14-/m0/s1. The lowest BCUT2D eigenvalue weighted by atomic mass is 9.92. The first-order chi connectivity index (χ1) is 11.1. The number of nitro benzene ring substituents is 1. The number of nitro groups is 1. The smallest absolute Gasteiger partial charge is 0.333 e. The van der Waals surface area contributed by atoms with E-state index in [4.69, 9.17) is 4.74 Å². The molecule has 122 valence electrons. The normalized spacial score (nSPS) is 21.2. The quantitative estimate of drug-likeness (QED) is 0.640. The van der Waals surface area contributed by atoms with Crippen molar-refractivity contribution in [2.45, 2.75) is 19.4 Å². The maximum atomic E-state index is 11.5. The molecule has 1 saturated heterocycles. The first-order valence-corrected chi connectivity index (χ1v) is 7.65. The summed E-state index contributed by atoms with van der Waals surface area (Å²) in [4.78, 5) is 17.3. The Hall–Kier alpha value is -2.57. The highest BCUT2D eigenvalue weighted by Gasteiger charge is 2.32. The number of rotatable bonds is 4. The Kier molecular flexibility index (Phi) is 4.18. The number of para-hydroxylation sites is 1. The highest BCUT2D eigenvalue weighted by Crippen LogP contribution is 2.40. The number of nitrogens with zero attached hydrogens (tertiary/aromatic N) is 4. The van der Waals surface area contributed by atoms with E-state index >= 15 is 0 Å². The zero-order chi connectivity index (χ0) is 16.4. The summed E-state index contributed by atoms with van der Waals surface area (Å²) in [5.74, 6) is 0.787. The van der Waals surface area contributed by atoms with Gasteiger partial charge in [0.2, 0.25) is 0 Å². The molecule has 0 N–H and O–H groups in total. The Labute approximate surface area is 134 Å². The zero-order valence-electron chi connectivity index (χ0n) is 13.3. The van der Waals surface area contributed by atoms with Crippen LogP contribution in [0.4, 0.5) is 11.4 Å². The van der Waals surface area contributed by atoms with Crippen LogP contribution in [-0.4, -0.2) is 34.7 Å². The van der Waals surface area contributed by atoms with Crippen molar-refractivity contribution in [3.8, 4) is 5.75 Å². The molecule has 0 radical (unpaired) electrons. The van der Waals surface area contributed by atoms with Gasteiger partial charge >= 0.3 is 5.69 Å². The summed E-state index contributed by atoms with van der Waals surface area (Å²) in [5.41, 5.74) is 0.653. The minimum atomic E-state index is -0.363. The molecule has 2 aromatic rings. The van der Waals surface area contributed by atoms with Crippen molar-refractivity contribution in [3.05, 3.63) is 47.0 Å². The van der Waals surface area contributed by atoms with E-state index in [0.717, 1.165) is 13.0 Å². The second-order valence-electron chi connectivity index (χ2n) is 5.87. The van der Waals surface area contributed by atoms with Crippen LogP contribution in [0.2, 0.25) is 0 Å². The third-order valence-electron chi connectivity index (χ3n) is 4.55. The summed E-state index contributed by atoms with van der Waals surface area (Å²) in [7, 11) is 1.46. The van der Waals surface area contributed by atoms with Crippen LogP contribution in [0.3, 0.4) is 0 Å². The van der Waals surface area contributed by atoms with Crippen LogP contribution in [0, 0.1) is 16.0 Å². The number of aromatic nitrogens is 2. The van der Waals surface area contributed by atoms with Gasteiger partial charge in [0.05, 0.1) is 24.4 Å². The molecule has 0 amide bonds. The summed E-state index contributed by atoms with van der Waals surface area (Å²) in [6, 6.07) is 5.46. The van der Waals surface area contributed by atoms with Gasteiger partial charge in [0, 0.05) is 25.5 Å². The van der Waals surface area contributed by atoms with Gasteiger partial charge in [-0.05, 0) is 24.5 Å². The van der Waals surface area contributed by atoms with Crippen molar-refractivity contribution in [2.75, 3.05) is 25.1 Å². The Morgan fingerprint density at radius 3 is 2.91 bits per heavy atom. The largest absolute Gasteiger partial charge is 0.490 e. The van der Waals surface area contributed by atoms with E-state index in [1.54, 1.807) is 24.4 Å². The first kappa shape index (κ1) is 15.3. The van der Waals surface area contributed by atoms with Crippen molar-refractivity contribution >= 4 is 11.4 Å².